The van der Waals surface area contributed by atoms with Crippen molar-refractivity contribution in [3.05, 3.63) is 76.9 Å². The molecule has 134 valence electrons. The van der Waals surface area contributed by atoms with Crippen LogP contribution in [-0.2, 0) is 11.3 Å². The normalized spacial score (nSPS) is 11.8. The molecule has 0 aliphatic carbocycles. The predicted octanol–water partition coefficient (Wildman–Crippen LogP) is 3.92. The van der Waals surface area contributed by atoms with Gasteiger partial charge in [-0.05, 0) is 31.5 Å². The first-order valence-corrected chi connectivity index (χ1v) is 8.71. The van der Waals surface area contributed by atoms with Crippen LogP contribution in [0.2, 0.25) is 5.02 Å². The second kappa shape index (κ2) is 8.06. The van der Waals surface area contributed by atoms with Crippen molar-refractivity contribution < 1.29 is 9.53 Å². The molecule has 3 aromatic rings. The number of nitrogens with zero attached hydrogens (tertiary/aromatic N) is 2. The summed E-state index contributed by atoms with van der Waals surface area (Å²) in [6, 6.07) is 17.5. The molecule has 0 aliphatic rings. The maximum atomic E-state index is 12.3. The molecule has 3 rings (SSSR count). The van der Waals surface area contributed by atoms with Gasteiger partial charge < -0.3 is 10.1 Å². The molecule has 0 fully saturated rings. The molecule has 1 amide bonds. The van der Waals surface area contributed by atoms with Gasteiger partial charge in [-0.1, -0.05) is 59.6 Å². The van der Waals surface area contributed by atoms with E-state index >= 15 is 0 Å². The monoisotopic (exact) mass is 369 g/mol. The molecule has 0 saturated heterocycles. The Morgan fingerprint density at radius 2 is 2.00 bits per heavy atom. The molecule has 0 unspecified atom stereocenters. The standard InChI is InChI=1S/C20H20ClN3O2/c1-14-7-6-8-16(11-14)12-22-19(25)15(2)26-20-18(21)13-24(23-20)17-9-4-3-5-10-17/h3-11,13,15H,12H2,1-2H3,(H,22,25)/t15-/m0/s1. The molecule has 1 aromatic heterocycles. The number of benzene rings is 2. The summed E-state index contributed by atoms with van der Waals surface area (Å²) >= 11 is 6.19. The van der Waals surface area contributed by atoms with Crippen LogP contribution in [0.3, 0.4) is 0 Å². The molecule has 26 heavy (non-hydrogen) atoms. The summed E-state index contributed by atoms with van der Waals surface area (Å²) < 4.78 is 7.27. The van der Waals surface area contributed by atoms with E-state index in [0.29, 0.717) is 11.6 Å². The third-order valence-corrected chi connectivity index (χ3v) is 4.13. The quantitative estimate of drug-likeness (QED) is 0.716. The van der Waals surface area contributed by atoms with Crippen molar-refractivity contribution >= 4 is 17.5 Å². The number of carbonyl (C=O) groups excluding carboxylic acids is 1. The van der Waals surface area contributed by atoms with Gasteiger partial charge in [0, 0.05) is 6.54 Å². The molecule has 2 aromatic carbocycles. The van der Waals surface area contributed by atoms with Crippen molar-refractivity contribution in [1.29, 1.82) is 0 Å². The Kier molecular flexibility index (Phi) is 5.58. The van der Waals surface area contributed by atoms with Crippen LogP contribution in [0, 0.1) is 6.92 Å². The number of halogens is 1. The lowest BCUT2D eigenvalue weighted by molar-refractivity contribution is -0.127. The second-order valence-electron chi connectivity index (χ2n) is 6.03. The number of hydrogen-bond acceptors (Lipinski definition) is 3. The van der Waals surface area contributed by atoms with Gasteiger partial charge in [-0.3, -0.25) is 4.79 Å². The maximum absolute atomic E-state index is 12.3. The highest BCUT2D eigenvalue weighted by molar-refractivity contribution is 6.31. The highest BCUT2D eigenvalue weighted by Gasteiger charge is 2.18. The van der Waals surface area contributed by atoms with Gasteiger partial charge >= 0.3 is 0 Å². The van der Waals surface area contributed by atoms with Gasteiger partial charge in [0.1, 0.15) is 5.02 Å². The van der Waals surface area contributed by atoms with Crippen LogP contribution in [0.5, 0.6) is 5.88 Å². The lowest BCUT2D eigenvalue weighted by Crippen LogP contribution is -2.36. The molecule has 0 bridgehead atoms. The minimum Gasteiger partial charge on any atom is -0.462 e. The van der Waals surface area contributed by atoms with E-state index in [0.717, 1.165) is 16.8 Å². The fourth-order valence-corrected chi connectivity index (χ4v) is 2.68. The smallest absolute Gasteiger partial charge is 0.261 e. The number of para-hydroxylation sites is 1. The number of nitrogens with one attached hydrogen (secondary N) is 1. The van der Waals surface area contributed by atoms with Crippen LogP contribution in [-0.4, -0.2) is 21.8 Å². The number of aryl methyl sites for hydroxylation is 1. The molecule has 1 atom stereocenters. The van der Waals surface area contributed by atoms with Crippen LogP contribution < -0.4 is 10.1 Å². The number of hydrogen-bond donors (Lipinski definition) is 1. The molecule has 0 saturated carbocycles. The van der Waals surface area contributed by atoms with E-state index in [1.54, 1.807) is 17.8 Å². The molecular formula is C20H20ClN3O2. The lowest BCUT2D eigenvalue weighted by Gasteiger charge is -2.13. The summed E-state index contributed by atoms with van der Waals surface area (Å²) in [6.07, 6.45) is 0.945. The summed E-state index contributed by atoms with van der Waals surface area (Å²) in [5.74, 6) is 0.00515. The van der Waals surface area contributed by atoms with Gasteiger partial charge in [0.25, 0.3) is 11.8 Å². The molecule has 5 nitrogen and oxygen atoms in total. The summed E-state index contributed by atoms with van der Waals surface area (Å²) in [4.78, 5) is 12.3. The van der Waals surface area contributed by atoms with E-state index in [2.05, 4.69) is 10.4 Å². The van der Waals surface area contributed by atoms with Gasteiger partial charge in [-0.15, -0.1) is 5.10 Å². The molecule has 0 radical (unpaired) electrons. The fourth-order valence-electron chi connectivity index (χ4n) is 2.51. The number of carbonyl (C=O) groups is 1. The van der Waals surface area contributed by atoms with Crippen molar-refractivity contribution in [2.24, 2.45) is 0 Å². The van der Waals surface area contributed by atoms with Gasteiger partial charge in [-0.2, -0.15) is 0 Å². The molecule has 0 spiro atoms. The van der Waals surface area contributed by atoms with Crippen LogP contribution in [0.1, 0.15) is 18.1 Å². The Balaban J connectivity index is 1.61. The minimum absolute atomic E-state index is 0.225. The van der Waals surface area contributed by atoms with E-state index in [1.165, 1.54) is 0 Å². The second-order valence-corrected chi connectivity index (χ2v) is 6.44. The highest BCUT2D eigenvalue weighted by Crippen LogP contribution is 2.25. The minimum atomic E-state index is -0.712. The number of amides is 1. The summed E-state index contributed by atoms with van der Waals surface area (Å²) in [5, 5.41) is 7.53. The number of aromatic nitrogens is 2. The van der Waals surface area contributed by atoms with Crippen LogP contribution in [0.25, 0.3) is 5.69 Å². The van der Waals surface area contributed by atoms with Crippen molar-refractivity contribution in [2.45, 2.75) is 26.5 Å². The number of ether oxygens (including phenoxy) is 1. The van der Waals surface area contributed by atoms with Gasteiger partial charge in [0.15, 0.2) is 6.10 Å². The first kappa shape index (κ1) is 18.0. The Morgan fingerprint density at radius 1 is 1.23 bits per heavy atom. The molecule has 0 aliphatic heterocycles. The SMILES string of the molecule is Cc1cccc(CNC(=O)[C@H](C)Oc2nn(-c3ccccc3)cc2Cl)c1. The van der Waals surface area contributed by atoms with Gasteiger partial charge in [0.05, 0.1) is 11.9 Å². The van der Waals surface area contributed by atoms with E-state index in [9.17, 15) is 4.79 Å². The molecule has 6 heteroatoms. The lowest BCUT2D eigenvalue weighted by atomic mass is 10.1. The average molecular weight is 370 g/mol. The first-order valence-electron chi connectivity index (χ1n) is 8.33. The van der Waals surface area contributed by atoms with E-state index < -0.39 is 6.10 Å². The summed E-state index contributed by atoms with van der Waals surface area (Å²) in [7, 11) is 0. The average Bonchev–Trinajstić information content (AvgIpc) is 3.01. The summed E-state index contributed by atoms with van der Waals surface area (Å²) in [6.45, 7) is 4.13. The molecular weight excluding hydrogens is 350 g/mol. The Labute approximate surface area is 157 Å². The van der Waals surface area contributed by atoms with Crippen molar-refractivity contribution in [3.63, 3.8) is 0 Å². The van der Waals surface area contributed by atoms with Crippen molar-refractivity contribution in [1.82, 2.24) is 15.1 Å². The predicted molar refractivity (Wildman–Crippen MR) is 102 cm³/mol. The van der Waals surface area contributed by atoms with Crippen LogP contribution in [0.4, 0.5) is 0 Å². The zero-order valence-electron chi connectivity index (χ0n) is 14.6. The largest absolute Gasteiger partial charge is 0.462 e. The molecule has 1 N–H and O–H groups in total. The van der Waals surface area contributed by atoms with Crippen molar-refractivity contribution in [3.8, 4) is 11.6 Å². The van der Waals surface area contributed by atoms with Gasteiger partial charge in [0.2, 0.25) is 0 Å². The number of rotatable bonds is 6. The Hall–Kier alpha value is -2.79. The summed E-state index contributed by atoms with van der Waals surface area (Å²) in [5.41, 5.74) is 3.05. The Morgan fingerprint density at radius 3 is 2.73 bits per heavy atom. The van der Waals surface area contributed by atoms with Crippen LogP contribution in [0.15, 0.2) is 60.8 Å². The zero-order valence-corrected chi connectivity index (χ0v) is 15.4. The first-order chi connectivity index (χ1) is 12.5. The van der Waals surface area contributed by atoms with Crippen LogP contribution >= 0.6 is 11.6 Å². The maximum Gasteiger partial charge on any atom is 0.261 e. The van der Waals surface area contributed by atoms with Gasteiger partial charge in [-0.25, -0.2) is 4.68 Å². The third-order valence-electron chi connectivity index (χ3n) is 3.87. The van der Waals surface area contributed by atoms with E-state index in [-0.39, 0.29) is 11.8 Å². The van der Waals surface area contributed by atoms with E-state index in [4.69, 9.17) is 16.3 Å². The highest BCUT2D eigenvalue weighted by atomic mass is 35.5. The van der Waals surface area contributed by atoms with Crippen molar-refractivity contribution in [2.75, 3.05) is 0 Å². The fraction of sp³-hybridized carbons (Fsp3) is 0.200. The topological polar surface area (TPSA) is 56.1 Å². The molecule has 1 heterocycles. The van der Waals surface area contributed by atoms with E-state index in [1.807, 2.05) is 61.5 Å². The Bertz CT molecular complexity index is 893. The zero-order chi connectivity index (χ0) is 18.5. The third kappa shape index (κ3) is 4.43.